The third kappa shape index (κ3) is 3.72. The summed E-state index contributed by atoms with van der Waals surface area (Å²) in [5.74, 6) is 0.103. The summed E-state index contributed by atoms with van der Waals surface area (Å²) in [5, 5.41) is 0. The van der Waals surface area contributed by atoms with Gasteiger partial charge in [-0.2, -0.15) is 0 Å². The average molecular weight is 281 g/mol. The Balaban J connectivity index is 2.27. The molecule has 0 heterocycles. The lowest BCUT2D eigenvalue weighted by atomic mass is 10.0. The van der Waals surface area contributed by atoms with Crippen LogP contribution in [0.1, 0.15) is 40.9 Å². The zero-order chi connectivity index (χ0) is 15.4. The Kier molecular flexibility index (Phi) is 4.79. The molecule has 0 aliphatic rings. The van der Waals surface area contributed by atoms with Gasteiger partial charge in [0.05, 0.1) is 0 Å². The molecule has 1 amide bonds. The van der Waals surface area contributed by atoms with Crippen LogP contribution in [0.3, 0.4) is 0 Å². The quantitative estimate of drug-likeness (QED) is 0.815. The second-order valence-corrected chi connectivity index (χ2v) is 5.83. The second-order valence-electron chi connectivity index (χ2n) is 5.83. The van der Waals surface area contributed by atoms with Gasteiger partial charge < -0.3 is 4.90 Å². The molecule has 0 saturated carbocycles. The maximum Gasteiger partial charge on any atom is 0.254 e. The SMILES string of the molecule is Cc1ccc(C(=O)N(Cc2ccccc2)C(C)C)c(C)c1. The molecule has 0 bridgehead atoms. The summed E-state index contributed by atoms with van der Waals surface area (Å²) in [6, 6.07) is 16.3. The Morgan fingerprint density at radius 1 is 1.05 bits per heavy atom. The van der Waals surface area contributed by atoms with E-state index in [2.05, 4.69) is 32.0 Å². The van der Waals surface area contributed by atoms with E-state index in [-0.39, 0.29) is 11.9 Å². The van der Waals surface area contributed by atoms with Crippen LogP contribution in [-0.4, -0.2) is 16.8 Å². The third-order valence-corrected chi connectivity index (χ3v) is 3.69. The molecule has 0 fully saturated rings. The highest BCUT2D eigenvalue weighted by Crippen LogP contribution is 2.17. The molecule has 0 N–H and O–H groups in total. The minimum absolute atomic E-state index is 0.103. The molecule has 21 heavy (non-hydrogen) atoms. The first kappa shape index (κ1) is 15.3. The van der Waals surface area contributed by atoms with Crippen LogP contribution in [0.5, 0.6) is 0 Å². The van der Waals surface area contributed by atoms with Gasteiger partial charge >= 0.3 is 0 Å². The molecule has 2 rings (SSSR count). The van der Waals surface area contributed by atoms with Crippen molar-refractivity contribution in [3.8, 4) is 0 Å². The van der Waals surface area contributed by atoms with Gasteiger partial charge in [0, 0.05) is 18.2 Å². The Bertz CT molecular complexity index is 617. The number of hydrogen-bond acceptors (Lipinski definition) is 1. The van der Waals surface area contributed by atoms with Crippen LogP contribution in [0.2, 0.25) is 0 Å². The molecular weight excluding hydrogens is 258 g/mol. The van der Waals surface area contributed by atoms with E-state index >= 15 is 0 Å². The third-order valence-electron chi connectivity index (χ3n) is 3.69. The average Bonchev–Trinajstić information content (AvgIpc) is 2.45. The standard InChI is InChI=1S/C19H23NO/c1-14(2)20(13-17-8-6-5-7-9-17)19(21)18-11-10-15(3)12-16(18)4/h5-12,14H,13H2,1-4H3. The zero-order valence-electron chi connectivity index (χ0n) is 13.3. The Labute approximate surface area is 127 Å². The molecule has 2 nitrogen and oxygen atoms in total. The van der Waals surface area contributed by atoms with E-state index in [0.29, 0.717) is 6.54 Å². The molecule has 0 aromatic heterocycles. The van der Waals surface area contributed by atoms with Gasteiger partial charge in [0.1, 0.15) is 0 Å². The Morgan fingerprint density at radius 3 is 2.29 bits per heavy atom. The fourth-order valence-electron chi connectivity index (χ4n) is 2.48. The van der Waals surface area contributed by atoms with Crippen LogP contribution in [0, 0.1) is 13.8 Å². The van der Waals surface area contributed by atoms with Gasteiger partial charge in [0.2, 0.25) is 0 Å². The highest BCUT2D eigenvalue weighted by Gasteiger charge is 2.20. The van der Waals surface area contributed by atoms with Crippen molar-refractivity contribution in [3.05, 3.63) is 70.8 Å². The van der Waals surface area contributed by atoms with Crippen LogP contribution < -0.4 is 0 Å². The fourth-order valence-corrected chi connectivity index (χ4v) is 2.48. The Morgan fingerprint density at radius 2 is 1.71 bits per heavy atom. The van der Waals surface area contributed by atoms with Crippen molar-refractivity contribution in [1.29, 1.82) is 0 Å². The molecule has 0 aliphatic heterocycles. The fraction of sp³-hybridized carbons (Fsp3) is 0.316. The van der Waals surface area contributed by atoms with Crippen molar-refractivity contribution >= 4 is 5.91 Å². The van der Waals surface area contributed by atoms with Crippen LogP contribution in [0.15, 0.2) is 48.5 Å². The number of hydrogen-bond donors (Lipinski definition) is 0. The van der Waals surface area contributed by atoms with Crippen molar-refractivity contribution in [3.63, 3.8) is 0 Å². The summed E-state index contributed by atoms with van der Waals surface area (Å²) in [7, 11) is 0. The molecule has 0 saturated heterocycles. The number of amides is 1. The predicted octanol–water partition coefficient (Wildman–Crippen LogP) is 4.35. The van der Waals surface area contributed by atoms with E-state index < -0.39 is 0 Å². The number of rotatable bonds is 4. The van der Waals surface area contributed by atoms with Crippen molar-refractivity contribution in [2.75, 3.05) is 0 Å². The van der Waals surface area contributed by atoms with Crippen molar-refractivity contribution < 1.29 is 4.79 Å². The van der Waals surface area contributed by atoms with E-state index in [9.17, 15) is 4.79 Å². The van der Waals surface area contributed by atoms with E-state index in [1.807, 2.05) is 49.1 Å². The smallest absolute Gasteiger partial charge is 0.254 e. The van der Waals surface area contributed by atoms with Crippen molar-refractivity contribution in [2.24, 2.45) is 0 Å². The highest BCUT2D eigenvalue weighted by atomic mass is 16.2. The molecule has 0 radical (unpaired) electrons. The van der Waals surface area contributed by atoms with Crippen molar-refractivity contribution in [1.82, 2.24) is 4.90 Å². The minimum Gasteiger partial charge on any atom is -0.332 e. The molecule has 0 spiro atoms. The molecule has 2 aromatic carbocycles. The van der Waals surface area contributed by atoms with Crippen LogP contribution in [0.25, 0.3) is 0 Å². The molecule has 2 heteroatoms. The lowest BCUT2D eigenvalue weighted by molar-refractivity contribution is 0.0689. The number of nitrogens with zero attached hydrogens (tertiary/aromatic N) is 1. The maximum atomic E-state index is 12.8. The van der Waals surface area contributed by atoms with Crippen molar-refractivity contribution in [2.45, 2.75) is 40.3 Å². The van der Waals surface area contributed by atoms with E-state index in [0.717, 1.165) is 16.7 Å². The second kappa shape index (κ2) is 6.57. The first-order chi connectivity index (χ1) is 9.99. The van der Waals surface area contributed by atoms with Crippen LogP contribution in [0.4, 0.5) is 0 Å². The normalized spacial score (nSPS) is 10.7. The molecule has 2 aromatic rings. The van der Waals surface area contributed by atoms with Crippen LogP contribution >= 0.6 is 0 Å². The van der Waals surface area contributed by atoms with Gasteiger partial charge in [-0.1, -0.05) is 48.0 Å². The lowest BCUT2D eigenvalue weighted by Crippen LogP contribution is -2.36. The van der Waals surface area contributed by atoms with Gasteiger partial charge in [-0.05, 0) is 44.9 Å². The van der Waals surface area contributed by atoms with Gasteiger partial charge in [-0.15, -0.1) is 0 Å². The molecular formula is C19H23NO. The number of aryl methyl sites for hydroxylation is 2. The maximum absolute atomic E-state index is 12.8. The first-order valence-corrected chi connectivity index (χ1v) is 7.41. The predicted molar refractivity (Wildman–Crippen MR) is 87.4 cm³/mol. The summed E-state index contributed by atoms with van der Waals surface area (Å²) in [4.78, 5) is 14.8. The monoisotopic (exact) mass is 281 g/mol. The zero-order valence-corrected chi connectivity index (χ0v) is 13.3. The van der Waals surface area contributed by atoms with Gasteiger partial charge in [0.15, 0.2) is 0 Å². The summed E-state index contributed by atoms with van der Waals surface area (Å²) in [5.41, 5.74) is 4.18. The highest BCUT2D eigenvalue weighted by molar-refractivity contribution is 5.95. The Hall–Kier alpha value is -2.09. The molecule has 110 valence electrons. The minimum atomic E-state index is 0.103. The number of carbonyl (C=O) groups is 1. The summed E-state index contributed by atoms with van der Waals surface area (Å²) >= 11 is 0. The van der Waals surface area contributed by atoms with E-state index in [4.69, 9.17) is 0 Å². The van der Waals surface area contributed by atoms with Crippen LogP contribution in [-0.2, 0) is 6.54 Å². The van der Waals surface area contributed by atoms with Gasteiger partial charge in [0.25, 0.3) is 5.91 Å². The first-order valence-electron chi connectivity index (χ1n) is 7.41. The summed E-state index contributed by atoms with van der Waals surface area (Å²) < 4.78 is 0. The largest absolute Gasteiger partial charge is 0.332 e. The van der Waals surface area contributed by atoms with Gasteiger partial charge in [-0.3, -0.25) is 4.79 Å². The molecule has 0 aliphatic carbocycles. The number of benzene rings is 2. The lowest BCUT2D eigenvalue weighted by Gasteiger charge is -2.27. The topological polar surface area (TPSA) is 20.3 Å². The molecule has 0 unspecified atom stereocenters. The number of carbonyl (C=O) groups excluding carboxylic acids is 1. The van der Waals surface area contributed by atoms with E-state index in [1.165, 1.54) is 5.56 Å². The van der Waals surface area contributed by atoms with Gasteiger partial charge in [-0.25, -0.2) is 0 Å². The van der Waals surface area contributed by atoms with E-state index in [1.54, 1.807) is 0 Å². The summed E-state index contributed by atoms with van der Waals surface area (Å²) in [6.07, 6.45) is 0. The molecule has 0 atom stereocenters. The summed E-state index contributed by atoms with van der Waals surface area (Å²) in [6.45, 7) is 8.81.